The molecule has 1 aliphatic rings. The Morgan fingerprint density at radius 3 is 2.67 bits per heavy atom. The molecule has 4 heteroatoms. The van der Waals surface area contributed by atoms with Crippen LogP contribution in [0.5, 0.6) is 0 Å². The summed E-state index contributed by atoms with van der Waals surface area (Å²) in [4.78, 5) is 0. The topological polar surface area (TPSA) is 27.7 Å². The average Bonchev–Trinajstić information content (AvgIpc) is 1.91. The molecule has 0 saturated carbocycles. The Balaban J connectivity index is 2.15. The fraction of sp³-hybridized carbons (Fsp3) is 0.600. The van der Waals surface area contributed by atoms with Crippen LogP contribution in [-0.2, 0) is 13.6 Å². The van der Waals surface area contributed by atoms with Crippen LogP contribution >= 0.6 is 8.60 Å². The van der Waals surface area contributed by atoms with E-state index in [0.717, 1.165) is 19.6 Å². The Labute approximate surface area is 55.6 Å². The summed E-state index contributed by atoms with van der Waals surface area (Å²) in [5.74, 6) is 0. The van der Waals surface area contributed by atoms with Gasteiger partial charge in [0.05, 0.1) is 19.5 Å². The van der Waals surface area contributed by atoms with Crippen LogP contribution < -0.4 is 0 Å². The molecule has 0 radical (unpaired) electrons. The normalized spacial score (nSPS) is 21.3. The first-order valence-electron chi connectivity index (χ1n) is 2.77. The van der Waals surface area contributed by atoms with Crippen LogP contribution in [-0.4, -0.2) is 13.2 Å². The summed E-state index contributed by atoms with van der Waals surface area (Å²) in [6.07, 6.45) is 2.30. The SMILES string of the molecule is C=COP1OCCCO1. The maximum atomic E-state index is 5.07. The van der Waals surface area contributed by atoms with E-state index in [1.54, 1.807) is 0 Å². The maximum Gasteiger partial charge on any atom is 0.396 e. The van der Waals surface area contributed by atoms with Gasteiger partial charge < -0.3 is 13.6 Å². The number of hydrogen-bond acceptors (Lipinski definition) is 3. The summed E-state index contributed by atoms with van der Waals surface area (Å²) in [6, 6.07) is 0. The van der Waals surface area contributed by atoms with Gasteiger partial charge in [-0.1, -0.05) is 6.58 Å². The maximum absolute atomic E-state index is 5.07. The summed E-state index contributed by atoms with van der Waals surface area (Å²) in [6.45, 7) is 4.86. The predicted octanol–water partition coefficient (Wildman–Crippen LogP) is 1.81. The molecule has 1 aliphatic heterocycles. The van der Waals surface area contributed by atoms with Gasteiger partial charge in [0.1, 0.15) is 0 Å². The molecular weight excluding hydrogens is 139 g/mol. The first-order chi connectivity index (χ1) is 4.43. The van der Waals surface area contributed by atoms with E-state index in [4.69, 9.17) is 13.6 Å². The Morgan fingerprint density at radius 2 is 2.11 bits per heavy atom. The van der Waals surface area contributed by atoms with Gasteiger partial charge in [0.2, 0.25) is 0 Å². The largest absolute Gasteiger partial charge is 0.435 e. The summed E-state index contributed by atoms with van der Waals surface area (Å²) in [5, 5.41) is 0. The summed E-state index contributed by atoms with van der Waals surface area (Å²) < 4.78 is 15.0. The van der Waals surface area contributed by atoms with E-state index in [1.165, 1.54) is 6.26 Å². The zero-order valence-corrected chi connectivity index (χ0v) is 5.97. The monoisotopic (exact) mass is 148 g/mol. The van der Waals surface area contributed by atoms with E-state index in [2.05, 4.69) is 6.58 Å². The molecule has 1 saturated heterocycles. The number of rotatable bonds is 2. The van der Waals surface area contributed by atoms with Crippen molar-refractivity contribution in [2.24, 2.45) is 0 Å². The van der Waals surface area contributed by atoms with Crippen molar-refractivity contribution in [2.45, 2.75) is 6.42 Å². The van der Waals surface area contributed by atoms with Crippen molar-refractivity contribution in [3.63, 3.8) is 0 Å². The predicted molar refractivity (Wildman–Crippen MR) is 34.7 cm³/mol. The van der Waals surface area contributed by atoms with Crippen LogP contribution in [0.3, 0.4) is 0 Å². The third-order valence-corrected chi connectivity index (χ3v) is 1.95. The highest BCUT2D eigenvalue weighted by molar-refractivity contribution is 7.41. The Hall–Kier alpha value is -0.110. The molecule has 0 aromatic carbocycles. The Morgan fingerprint density at radius 1 is 1.44 bits per heavy atom. The molecule has 0 aromatic rings. The van der Waals surface area contributed by atoms with Crippen molar-refractivity contribution < 1.29 is 13.6 Å². The van der Waals surface area contributed by atoms with E-state index in [9.17, 15) is 0 Å². The van der Waals surface area contributed by atoms with Gasteiger partial charge in [0.25, 0.3) is 0 Å². The quantitative estimate of drug-likeness (QED) is 0.441. The molecule has 0 unspecified atom stereocenters. The van der Waals surface area contributed by atoms with Crippen LogP contribution in [0.2, 0.25) is 0 Å². The minimum atomic E-state index is -1.09. The first-order valence-corrected chi connectivity index (χ1v) is 3.86. The highest BCUT2D eigenvalue weighted by Crippen LogP contribution is 2.42. The molecule has 0 N–H and O–H groups in total. The molecule has 0 bridgehead atoms. The lowest BCUT2D eigenvalue weighted by atomic mass is 10.5. The second-order valence-electron chi connectivity index (χ2n) is 1.52. The molecule has 1 fully saturated rings. The van der Waals surface area contributed by atoms with Gasteiger partial charge in [0, 0.05) is 0 Å². The van der Waals surface area contributed by atoms with E-state index < -0.39 is 8.60 Å². The molecule has 52 valence electrons. The summed E-state index contributed by atoms with van der Waals surface area (Å²) in [7, 11) is -1.09. The highest BCUT2D eigenvalue weighted by Gasteiger charge is 2.15. The molecule has 0 amide bonds. The second-order valence-corrected chi connectivity index (χ2v) is 2.69. The molecule has 9 heavy (non-hydrogen) atoms. The fourth-order valence-corrected chi connectivity index (χ4v) is 1.37. The van der Waals surface area contributed by atoms with E-state index in [1.807, 2.05) is 0 Å². The van der Waals surface area contributed by atoms with Gasteiger partial charge in [-0.15, -0.1) is 0 Å². The smallest absolute Gasteiger partial charge is 0.396 e. The summed E-state index contributed by atoms with van der Waals surface area (Å²) in [5.41, 5.74) is 0. The second kappa shape index (κ2) is 3.83. The van der Waals surface area contributed by atoms with Crippen molar-refractivity contribution >= 4 is 8.60 Å². The lowest BCUT2D eigenvalue weighted by Gasteiger charge is -2.18. The lowest BCUT2D eigenvalue weighted by Crippen LogP contribution is -2.04. The van der Waals surface area contributed by atoms with E-state index in [0.29, 0.717) is 0 Å². The van der Waals surface area contributed by atoms with Gasteiger partial charge in [-0.3, -0.25) is 0 Å². The zero-order valence-electron chi connectivity index (χ0n) is 5.08. The van der Waals surface area contributed by atoms with E-state index >= 15 is 0 Å². The minimum absolute atomic E-state index is 0.736. The minimum Gasteiger partial charge on any atom is -0.435 e. The molecular formula is C5H9O3P. The highest BCUT2D eigenvalue weighted by atomic mass is 31.2. The van der Waals surface area contributed by atoms with Crippen molar-refractivity contribution in [3.05, 3.63) is 12.8 Å². The zero-order chi connectivity index (χ0) is 6.53. The molecule has 1 rings (SSSR count). The summed E-state index contributed by atoms with van der Waals surface area (Å²) >= 11 is 0. The van der Waals surface area contributed by atoms with Gasteiger partial charge in [0.15, 0.2) is 0 Å². The fourth-order valence-electron chi connectivity index (χ4n) is 0.496. The first kappa shape index (κ1) is 7.00. The van der Waals surface area contributed by atoms with Gasteiger partial charge in [-0.25, -0.2) is 0 Å². The van der Waals surface area contributed by atoms with Crippen molar-refractivity contribution in [1.29, 1.82) is 0 Å². The Kier molecular flexibility index (Phi) is 2.98. The van der Waals surface area contributed by atoms with Crippen LogP contribution in [0.4, 0.5) is 0 Å². The molecule has 0 atom stereocenters. The van der Waals surface area contributed by atoms with Gasteiger partial charge >= 0.3 is 8.60 Å². The van der Waals surface area contributed by atoms with Gasteiger partial charge in [-0.2, -0.15) is 0 Å². The van der Waals surface area contributed by atoms with Crippen LogP contribution in [0.1, 0.15) is 6.42 Å². The van der Waals surface area contributed by atoms with Crippen molar-refractivity contribution in [3.8, 4) is 0 Å². The van der Waals surface area contributed by atoms with E-state index in [-0.39, 0.29) is 0 Å². The molecule has 1 heterocycles. The van der Waals surface area contributed by atoms with Crippen molar-refractivity contribution in [2.75, 3.05) is 13.2 Å². The number of hydrogen-bond donors (Lipinski definition) is 0. The molecule has 3 nitrogen and oxygen atoms in total. The van der Waals surface area contributed by atoms with Gasteiger partial charge in [-0.05, 0) is 6.42 Å². The van der Waals surface area contributed by atoms with Crippen LogP contribution in [0.15, 0.2) is 12.8 Å². The third kappa shape index (κ3) is 2.31. The Bertz CT molecular complexity index is 90.2. The van der Waals surface area contributed by atoms with Crippen LogP contribution in [0.25, 0.3) is 0 Å². The third-order valence-electron chi connectivity index (χ3n) is 0.843. The lowest BCUT2D eigenvalue weighted by molar-refractivity contribution is 0.138. The average molecular weight is 148 g/mol. The standard InChI is InChI=1S/C5H9O3P/c1-2-6-9-7-4-3-5-8-9/h2H,1,3-5H2. The molecule has 0 spiro atoms. The molecule has 0 aromatic heterocycles. The van der Waals surface area contributed by atoms with Crippen LogP contribution in [0, 0.1) is 0 Å². The molecule has 0 aliphatic carbocycles. The van der Waals surface area contributed by atoms with Crippen molar-refractivity contribution in [1.82, 2.24) is 0 Å².